The number of phenolic OH excluding ortho intramolecular Hbond substituents is 1. The Hall–Kier alpha value is -3.93. The number of carboxylic acid groups (broad SMARTS) is 1. The third-order valence-corrected chi connectivity index (χ3v) is 7.31. The van der Waals surface area contributed by atoms with Gasteiger partial charge in [0.15, 0.2) is 0 Å². The van der Waals surface area contributed by atoms with Gasteiger partial charge in [-0.3, -0.25) is 19.3 Å². The number of benzene rings is 3. The quantitative estimate of drug-likeness (QED) is 0.511. The fourth-order valence-corrected chi connectivity index (χ4v) is 5.72. The summed E-state index contributed by atoms with van der Waals surface area (Å²) in [4.78, 5) is 37.7. The monoisotopic (exact) mass is 469 g/mol. The molecule has 2 amide bonds. The zero-order chi connectivity index (χ0) is 24.7. The maximum atomic E-state index is 13.7. The molecule has 0 radical (unpaired) electrons. The first-order valence-corrected chi connectivity index (χ1v) is 12.0. The molecule has 0 aromatic heterocycles. The van der Waals surface area contributed by atoms with Gasteiger partial charge in [-0.2, -0.15) is 0 Å². The Labute approximate surface area is 203 Å². The van der Waals surface area contributed by atoms with E-state index in [1.165, 1.54) is 11.1 Å². The van der Waals surface area contributed by atoms with Crippen LogP contribution in [0.3, 0.4) is 0 Å². The first-order chi connectivity index (χ1) is 16.9. The molecular weight excluding hydrogens is 442 g/mol. The number of carboxylic acids is 1. The summed E-state index contributed by atoms with van der Waals surface area (Å²) in [7, 11) is 0. The van der Waals surface area contributed by atoms with Gasteiger partial charge in [0.05, 0.1) is 0 Å². The van der Waals surface area contributed by atoms with Crippen LogP contribution in [-0.4, -0.2) is 39.9 Å². The molecule has 35 heavy (non-hydrogen) atoms. The van der Waals surface area contributed by atoms with Crippen molar-refractivity contribution in [1.29, 1.82) is 0 Å². The predicted molar refractivity (Wildman–Crippen MR) is 133 cm³/mol. The molecule has 3 aromatic carbocycles. The molecule has 0 spiro atoms. The molecular formula is C29H27NO5. The van der Waals surface area contributed by atoms with E-state index in [1.807, 2.05) is 25.1 Å². The molecule has 3 aromatic rings. The van der Waals surface area contributed by atoms with Gasteiger partial charge in [0, 0.05) is 18.5 Å². The van der Waals surface area contributed by atoms with Gasteiger partial charge < -0.3 is 10.2 Å². The maximum absolute atomic E-state index is 13.7. The lowest BCUT2D eigenvalue weighted by atomic mass is 9.72. The summed E-state index contributed by atoms with van der Waals surface area (Å²) in [5.41, 5.74) is 10.1. The van der Waals surface area contributed by atoms with E-state index < -0.39 is 5.97 Å². The summed E-state index contributed by atoms with van der Waals surface area (Å²) in [6, 6.07) is 13.8. The highest BCUT2D eigenvalue weighted by molar-refractivity contribution is 6.07. The summed E-state index contributed by atoms with van der Waals surface area (Å²) >= 11 is 0. The van der Waals surface area contributed by atoms with Gasteiger partial charge in [0.25, 0.3) is 5.91 Å². The largest absolute Gasteiger partial charge is 0.508 e. The van der Waals surface area contributed by atoms with Gasteiger partial charge in [0.1, 0.15) is 5.75 Å². The number of imide groups is 1. The van der Waals surface area contributed by atoms with Crippen LogP contribution < -0.4 is 0 Å². The number of fused-ring (bicyclic) bond motifs is 7. The normalized spacial score (nSPS) is 13.2. The van der Waals surface area contributed by atoms with E-state index in [4.69, 9.17) is 5.11 Å². The van der Waals surface area contributed by atoms with Crippen molar-refractivity contribution in [2.75, 3.05) is 6.54 Å². The maximum Gasteiger partial charge on any atom is 0.303 e. The van der Waals surface area contributed by atoms with Crippen LogP contribution in [0.4, 0.5) is 0 Å². The highest BCUT2D eigenvalue weighted by Crippen LogP contribution is 2.49. The Morgan fingerprint density at radius 1 is 0.943 bits per heavy atom. The number of phenols is 1. The lowest BCUT2D eigenvalue weighted by molar-refractivity contribution is -0.137. The summed E-state index contributed by atoms with van der Waals surface area (Å²) in [6.07, 6.45) is 3.57. The second-order valence-corrected chi connectivity index (χ2v) is 9.31. The van der Waals surface area contributed by atoms with Crippen LogP contribution in [0.25, 0.3) is 22.3 Å². The first kappa shape index (κ1) is 22.8. The van der Waals surface area contributed by atoms with Gasteiger partial charge >= 0.3 is 5.97 Å². The standard InChI is InChI=1S/C29H27NO5/c1-17-21-11-8-18-5-2-3-6-22(18)27(21)28-23-13-10-20(32)15-19(23)9-12-24(28)26(17)29(35)30(16-31)14-4-7-25(33)34/h2-3,5-6,10,13,15-16,32H,4,7-9,11-12,14H2,1H3,(H,33,34). The zero-order valence-corrected chi connectivity index (χ0v) is 19.6. The number of aryl methyl sites for hydroxylation is 2. The Balaban J connectivity index is 1.74. The van der Waals surface area contributed by atoms with Gasteiger partial charge in [0.2, 0.25) is 6.41 Å². The molecule has 0 saturated heterocycles. The Morgan fingerprint density at radius 3 is 2.40 bits per heavy atom. The van der Waals surface area contributed by atoms with Crippen molar-refractivity contribution in [3.63, 3.8) is 0 Å². The molecule has 0 fully saturated rings. The Bertz CT molecular complexity index is 1370. The van der Waals surface area contributed by atoms with Crippen molar-refractivity contribution in [1.82, 2.24) is 4.90 Å². The van der Waals surface area contributed by atoms with E-state index in [2.05, 4.69) is 12.1 Å². The SMILES string of the molecule is Cc1c2c(c3c(c1C(=O)N(C=O)CCCC(=O)O)CCc1cc(O)ccc1-3)-c1ccccc1CC2. The fourth-order valence-electron chi connectivity index (χ4n) is 5.72. The van der Waals surface area contributed by atoms with E-state index in [0.717, 1.165) is 56.7 Å². The molecule has 178 valence electrons. The van der Waals surface area contributed by atoms with Crippen LogP contribution in [0.15, 0.2) is 42.5 Å². The zero-order valence-electron chi connectivity index (χ0n) is 19.6. The van der Waals surface area contributed by atoms with E-state index in [-0.39, 0.29) is 31.0 Å². The summed E-state index contributed by atoms with van der Waals surface area (Å²) in [5.74, 6) is -1.11. The molecule has 0 bridgehead atoms. The molecule has 0 saturated carbocycles. The van der Waals surface area contributed by atoms with E-state index in [9.17, 15) is 19.5 Å². The molecule has 0 unspecified atom stereocenters. The smallest absolute Gasteiger partial charge is 0.303 e. The minimum atomic E-state index is -0.954. The van der Waals surface area contributed by atoms with Crippen LogP contribution in [0.5, 0.6) is 5.75 Å². The third-order valence-electron chi connectivity index (χ3n) is 7.31. The highest BCUT2D eigenvalue weighted by atomic mass is 16.4. The van der Waals surface area contributed by atoms with Crippen molar-refractivity contribution in [3.05, 3.63) is 75.8 Å². The number of hydrogen-bond acceptors (Lipinski definition) is 4. The third kappa shape index (κ3) is 3.89. The number of carbonyl (C=O) groups excluding carboxylic acids is 2. The number of rotatable bonds is 6. The summed E-state index contributed by atoms with van der Waals surface area (Å²) in [6.45, 7) is 2.03. The van der Waals surface area contributed by atoms with Gasteiger partial charge in [-0.05, 0) is 101 Å². The summed E-state index contributed by atoms with van der Waals surface area (Å²) in [5, 5.41) is 19.1. The van der Waals surface area contributed by atoms with Crippen molar-refractivity contribution in [2.45, 2.75) is 45.4 Å². The average molecular weight is 470 g/mol. The van der Waals surface area contributed by atoms with Crippen molar-refractivity contribution in [2.24, 2.45) is 0 Å². The molecule has 5 rings (SSSR count). The van der Waals surface area contributed by atoms with Crippen molar-refractivity contribution in [3.8, 4) is 28.0 Å². The number of aromatic hydroxyl groups is 1. The van der Waals surface area contributed by atoms with Crippen LogP contribution in [0, 0.1) is 6.92 Å². The molecule has 0 aliphatic heterocycles. The van der Waals surface area contributed by atoms with Crippen LogP contribution in [0.2, 0.25) is 0 Å². The van der Waals surface area contributed by atoms with Crippen LogP contribution >= 0.6 is 0 Å². The number of carbonyl (C=O) groups is 3. The van der Waals surface area contributed by atoms with Gasteiger partial charge in [-0.1, -0.05) is 30.3 Å². The number of hydrogen-bond donors (Lipinski definition) is 2. The molecule has 6 heteroatoms. The van der Waals surface area contributed by atoms with E-state index in [1.54, 1.807) is 12.1 Å². The van der Waals surface area contributed by atoms with Crippen LogP contribution in [-0.2, 0) is 35.3 Å². The number of amides is 2. The second-order valence-electron chi connectivity index (χ2n) is 9.31. The molecule has 2 aliphatic carbocycles. The van der Waals surface area contributed by atoms with E-state index >= 15 is 0 Å². The Kier molecular flexibility index (Phi) is 5.89. The van der Waals surface area contributed by atoms with Gasteiger partial charge in [-0.15, -0.1) is 0 Å². The topological polar surface area (TPSA) is 94.9 Å². The average Bonchev–Trinajstić information content (AvgIpc) is 2.85. The Morgan fingerprint density at radius 2 is 1.63 bits per heavy atom. The minimum absolute atomic E-state index is 0.0627. The molecule has 0 heterocycles. The lowest BCUT2D eigenvalue weighted by Gasteiger charge is -2.33. The number of aliphatic carboxylic acids is 1. The first-order valence-electron chi connectivity index (χ1n) is 12.0. The van der Waals surface area contributed by atoms with Crippen LogP contribution in [0.1, 0.15) is 51.0 Å². The molecule has 2 N–H and O–H groups in total. The van der Waals surface area contributed by atoms with Crippen molar-refractivity contribution < 1.29 is 24.6 Å². The highest BCUT2D eigenvalue weighted by Gasteiger charge is 2.33. The second kappa shape index (κ2) is 9.02. The van der Waals surface area contributed by atoms with E-state index in [0.29, 0.717) is 24.8 Å². The summed E-state index contributed by atoms with van der Waals surface area (Å²) < 4.78 is 0. The molecule has 2 aliphatic rings. The van der Waals surface area contributed by atoms with Crippen molar-refractivity contribution >= 4 is 18.3 Å². The fraction of sp³-hybridized carbons (Fsp3) is 0.276. The predicted octanol–water partition coefficient (Wildman–Crippen LogP) is 4.70. The number of nitrogens with zero attached hydrogens (tertiary/aromatic N) is 1. The van der Waals surface area contributed by atoms with Gasteiger partial charge in [-0.25, -0.2) is 0 Å². The minimum Gasteiger partial charge on any atom is -0.508 e. The molecule has 0 atom stereocenters. The molecule has 6 nitrogen and oxygen atoms in total. The lowest BCUT2D eigenvalue weighted by Crippen LogP contribution is -2.33.